The smallest absolute Gasteiger partial charge is 0.122 e. The molecule has 1 atom stereocenters. The molecule has 0 aliphatic carbocycles. The van der Waals surface area contributed by atoms with Crippen LogP contribution in [0.4, 0.5) is 0 Å². The van der Waals surface area contributed by atoms with Gasteiger partial charge < -0.3 is 9.73 Å². The van der Waals surface area contributed by atoms with Gasteiger partial charge in [-0.15, -0.1) is 0 Å². The Morgan fingerprint density at radius 3 is 3.00 bits per heavy atom. The van der Waals surface area contributed by atoms with Gasteiger partial charge in [0.05, 0.1) is 12.8 Å². The molecule has 1 aliphatic heterocycles. The maximum atomic E-state index is 5.67. The first-order chi connectivity index (χ1) is 9.70. The van der Waals surface area contributed by atoms with E-state index in [2.05, 4.69) is 37.1 Å². The largest absolute Gasteiger partial charge is 0.468 e. The average Bonchev–Trinajstić information content (AvgIpc) is 2.86. The van der Waals surface area contributed by atoms with Crippen LogP contribution in [0.1, 0.15) is 57.8 Å². The molecule has 0 spiro atoms. The summed E-state index contributed by atoms with van der Waals surface area (Å²) in [5.41, 5.74) is 1.36. The van der Waals surface area contributed by atoms with E-state index in [0.29, 0.717) is 5.92 Å². The third-order valence-electron chi connectivity index (χ3n) is 4.27. The summed E-state index contributed by atoms with van der Waals surface area (Å²) in [7, 11) is 0. The fourth-order valence-corrected chi connectivity index (χ4v) is 3.09. The number of nitrogens with one attached hydrogen (secondary N) is 1. The molecule has 1 saturated heterocycles. The summed E-state index contributed by atoms with van der Waals surface area (Å²) in [4.78, 5) is 2.64. The van der Waals surface area contributed by atoms with Gasteiger partial charge in [-0.25, -0.2) is 0 Å². The highest BCUT2D eigenvalue weighted by molar-refractivity contribution is 5.17. The van der Waals surface area contributed by atoms with E-state index < -0.39 is 0 Å². The summed E-state index contributed by atoms with van der Waals surface area (Å²) in [6.07, 6.45) is 7.19. The van der Waals surface area contributed by atoms with Crippen molar-refractivity contribution < 1.29 is 4.42 Å². The van der Waals surface area contributed by atoms with Gasteiger partial charge in [-0.05, 0) is 44.3 Å². The molecule has 0 radical (unpaired) electrons. The molecular formula is C17H30N2O. The SMILES string of the molecule is CCC1CCCCN1Cc1ccoc1CNCC(C)C. The Morgan fingerprint density at radius 1 is 1.40 bits per heavy atom. The van der Waals surface area contributed by atoms with Gasteiger partial charge in [-0.1, -0.05) is 27.2 Å². The number of likely N-dealkylation sites (tertiary alicyclic amines) is 1. The Hall–Kier alpha value is -0.800. The van der Waals surface area contributed by atoms with Crippen LogP contribution in [-0.2, 0) is 13.1 Å². The van der Waals surface area contributed by atoms with Crippen molar-refractivity contribution in [3.8, 4) is 0 Å². The number of piperidine rings is 1. The molecule has 1 aromatic heterocycles. The molecule has 1 unspecified atom stereocenters. The summed E-state index contributed by atoms with van der Waals surface area (Å²) in [5.74, 6) is 1.80. The number of rotatable bonds is 7. The number of nitrogens with zero attached hydrogens (tertiary/aromatic N) is 1. The molecule has 1 aromatic rings. The average molecular weight is 278 g/mol. The van der Waals surface area contributed by atoms with Crippen LogP contribution in [0.2, 0.25) is 0 Å². The number of hydrogen-bond acceptors (Lipinski definition) is 3. The van der Waals surface area contributed by atoms with Crippen molar-refractivity contribution >= 4 is 0 Å². The third kappa shape index (κ3) is 4.35. The van der Waals surface area contributed by atoms with Crippen LogP contribution >= 0.6 is 0 Å². The molecule has 114 valence electrons. The Kier molecular flexibility index (Phi) is 6.11. The molecule has 1 N–H and O–H groups in total. The molecule has 1 fully saturated rings. The van der Waals surface area contributed by atoms with Crippen LogP contribution in [0.25, 0.3) is 0 Å². The highest BCUT2D eigenvalue weighted by Crippen LogP contribution is 2.23. The number of furan rings is 1. The predicted molar refractivity (Wildman–Crippen MR) is 83.6 cm³/mol. The van der Waals surface area contributed by atoms with E-state index in [1.54, 1.807) is 0 Å². The zero-order valence-electron chi connectivity index (χ0n) is 13.3. The van der Waals surface area contributed by atoms with Crippen molar-refractivity contribution in [3.05, 3.63) is 23.7 Å². The minimum Gasteiger partial charge on any atom is -0.468 e. The van der Waals surface area contributed by atoms with Crippen LogP contribution < -0.4 is 5.32 Å². The van der Waals surface area contributed by atoms with Crippen LogP contribution in [0.3, 0.4) is 0 Å². The summed E-state index contributed by atoms with van der Waals surface area (Å²) >= 11 is 0. The van der Waals surface area contributed by atoms with Crippen molar-refractivity contribution in [2.24, 2.45) is 5.92 Å². The van der Waals surface area contributed by atoms with Crippen LogP contribution in [0.5, 0.6) is 0 Å². The Labute approximate surface area is 123 Å². The molecule has 0 saturated carbocycles. The van der Waals surface area contributed by atoms with Crippen LogP contribution in [0, 0.1) is 5.92 Å². The first-order valence-electron chi connectivity index (χ1n) is 8.20. The predicted octanol–water partition coefficient (Wildman–Crippen LogP) is 3.79. The van der Waals surface area contributed by atoms with Gasteiger partial charge in [-0.3, -0.25) is 4.90 Å². The second kappa shape index (κ2) is 7.84. The second-order valence-corrected chi connectivity index (χ2v) is 6.42. The van der Waals surface area contributed by atoms with E-state index in [1.807, 2.05) is 6.26 Å². The molecular weight excluding hydrogens is 248 g/mol. The minimum atomic E-state index is 0.681. The van der Waals surface area contributed by atoms with Gasteiger partial charge >= 0.3 is 0 Å². The van der Waals surface area contributed by atoms with E-state index in [4.69, 9.17) is 4.42 Å². The lowest BCUT2D eigenvalue weighted by Crippen LogP contribution is -2.38. The van der Waals surface area contributed by atoms with Gasteiger partial charge in [0.15, 0.2) is 0 Å². The van der Waals surface area contributed by atoms with Crippen LogP contribution in [0.15, 0.2) is 16.7 Å². The zero-order chi connectivity index (χ0) is 14.4. The molecule has 0 amide bonds. The lowest BCUT2D eigenvalue weighted by Gasteiger charge is -2.35. The van der Waals surface area contributed by atoms with Crippen molar-refractivity contribution in [3.63, 3.8) is 0 Å². The van der Waals surface area contributed by atoms with Crippen LogP contribution in [-0.4, -0.2) is 24.0 Å². The minimum absolute atomic E-state index is 0.681. The molecule has 3 heteroatoms. The second-order valence-electron chi connectivity index (χ2n) is 6.42. The standard InChI is InChI=1S/C17H30N2O/c1-4-16-7-5-6-9-19(16)13-15-8-10-20-17(15)12-18-11-14(2)3/h8,10,14,16,18H,4-7,9,11-13H2,1-3H3. The van der Waals surface area contributed by atoms with E-state index in [1.165, 1.54) is 37.8 Å². The molecule has 0 bridgehead atoms. The molecule has 0 aromatic carbocycles. The third-order valence-corrected chi connectivity index (χ3v) is 4.27. The molecule has 20 heavy (non-hydrogen) atoms. The topological polar surface area (TPSA) is 28.4 Å². The molecule has 3 nitrogen and oxygen atoms in total. The summed E-state index contributed by atoms with van der Waals surface area (Å²) in [5, 5.41) is 3.48. The molecule has 1 aliphatic rings. The van der Waals surface area contributed by atoms with Gasteiger partial charge in [0, 0.05) is 18.2 Å². The van der Waals surface area contributed by atoms with E-state index in [9.17, 15) is 0 Å². The first-order valence-corrected chi connectivity index (χ1v) is 8.20. The van der Waals surface area contributed by atoms with Crippen molar-refractivity contribution in [2.75, 3.05) is 13.1 Å². The van der Waals surface area contributed by atoms with E-state index in [-0.39, 0.29) is 0 Å². The highest BCUT2D eigenvalue weighted by Gasteiger charge is 2.22. The Bertz CT molecular complexity index is 386. The fourth-order valence-electron chi connectivity index (χ4n) is 3.09. The lowest BCUT2D eigenvalue weighted by atomic mass is 9.99. The first kappa shape index (κ1) is 15.6. The lowest BCUT2D eigenvalue weighted by molar-refractivity contribution is 0.135. The van der Waals surface area contributed by atoms with Gasteiger partial charge in [0.2, 0.25) is 0 Å². The quantitative estimate of drug-likeness (QED) is 0.822. The summed E-state index contributed by atoms with van der Waals surface area (Å²) in [6, 6.07) is 2.91. The normalized spacial score (nSPS) is 20.7. The van der Waals surface area contributed by atoms with Gasteiger partial charge in [0.1, 0.15) is 5.76 Å². The fraction of sp³-hybridized carbons (Fsp3) is 0.765. The van der Waals surface area contributed by atoms with Crippen molar-refractivity contribution in [1.29, 1.82) is 0 Å². The van der Waals surface area contributed by atoms with Gasteiger partial charge in [-0.2, -0.15) is 0 Å². The zero-order valence-corrected chi connectivity index (χ0v) is 13.3. The van der Waals surface area contributed by atoms with E-state index >= 15 is 0 Å². The monoisotopic (exact) mass is 278 g/mol. The summed E-state index contributed by atoms with van der Waals surface area (Å²) < 4.78 is 5.67. The molecule has 2 rings (SSSR count). The van der Waals surface area contributed by atoms with Gasteiger partial charge in [0.25, 0.3) is 0 Å². The number of hydrogen-bond donors (Lipinski definition) is 1. The summed E-state index contributed by atoms with van der Waals surface area (Å²) in [6.45, 7) is 11.0. The Balaban J connectivity index is 1.90. The molecule has 2 heterocycles. The van der Waals surface area contributed by atoms with Crippen molar-refractivity contribution in [1.82, 2.24) is 10.2 Å². The maximum absolute atomic E-state index is 5.67. The van der Waals surface area contributed by atoms with E-state index in [0.717, 1.165) is 31.4 Å². The maximum Gasteiger partial charge on any atom is 0.122 e. The highest BCUT2D eigenvalue weighted by atomic mass is 16.3. The van der Waals surface area contributed by atoms with Crippen molar-refractivity contribution in [2.45, 2.75) is 65.6 Å². The Morgan fingerprint density at radius 2 is 2.25 bits per heavy atom.